The van der Waals surface area contributed by atoms with Crippen molar-refractivity contribution in [2.75, 3.05) is 13.1 Å². The van der Waals surface area contributed by atoms with Crippen LogP contribution in [0, 0.1) is 6.92 Å². The van der Waals surface area contributed by atoms with Crippen LogP contribution in [-0.4, -0.2) is 28.6 Å². The van der Waals surface area contributed by atoms with Crippen molar-refractivity contribution in [2.45, 2.75) is 51.7 Å². The van der Waals surface area contributed by atoms with Gasteiger partial charge in [-0.3, -0.25) is 4.90 Å². The first-order chi connectivity index (χ1) is 8.50. The predicted molar refractivity (Wildman–Crippen MR) is 75.6 cm³/mol. The smallest absolute Gasteiger partial charge is 0.0804 e. The standard InChI is InChI=1S/C16H25NO/c1-13-7-4-5-8-14(13)15(18)9-12-17-11-6-10-16(17,2)3/h4-5,7-8,15,18H,6,9-12H2,1-3H3. The van der Waals surface area contributed by atoms with Crippen molar-refractivity contribution in [2.24, 2.45) is 0 Å². The molecule has 1 aliphatic rings. The van der Waals surface area contributed by atoms with Gasteiger partial charge >= 0.3 is 0 Å². The fraction of sp³-hybridized carbons (Fsp3) is 0.625. The zero-order valence-electron chi connectivity index (χ0n) is 11.8. The zero-order chi connectivity index (χ0) is 13.2. The van der Waals surface area contributed by atoms with Gasteiger partial charge in [0.05, 0.1) is 6.10 Å². The molecular weight excluding hydrogens is 222 g/mol. The molecule has 0 spiro atoms. The highest BCUT2D eigenvalue weighted by Gasteiger charge is 2.31. The number of hydrogen-bond donors (Lipinski definition) is 1. The fourth-order valence-corrected chi connectivity index (χ4v) is 2.97. The number of aliphatic hydroxyl groups excluding tert-OH is 1. The summed E-state index contributed by atoms with van der Waals surface area (Å²) in [4.78, 5) is 2.51. The Hall–Kier alpha value is -0.860. The average molecular weight is 247 g/mol. The number of likely N-dealkylation sites (tertiary alicyclic amines) is 1. The summed E-state index contributed by atoms with van der Waals surface area (Å²) in [6.07, 6.45) is 3.05. The quantitative estimate of drug-likeness (QED) is 0.882. The van der Waals surface area contributed by atoms with Gasteiger partial charge in [-0.05, 0) is 57.7 Å². The Labute approximate surface area is 111 Å². The third-order valence-corrected chi connectivity index (χ3v) is 4.29. The lowest BCUT2D eigenvalue weighted by Crippen LogP contribution is -2.39. The Morgan fingerprint density at radius 2 is 2.06 bits per heavy atom. The van der Waals surface area contributed by atoms with E-state index in [1.807, 2.05) is 18.2 Å². The van der Waals surface area contributed by atoms with Crippen molar-refractivity contribution in [3.8, 4) is 0 Å². The van der Waals surface area contributed by atoms with Crippen molar-refractivity contribution in [3.63, 3.8) is 0 Å². The maximum atomic E-state index is 10.3. The molecule has 2 rings (SSSR count). The van der Waals surface area contributed by atoms with Gasteiger partial charge in [-0.15, -0.1) is 0 Å². The molecule has 100 valence electrons. The van der Waals surface area contributed by atoms with Crippen LogP contribution in [0.1, 0.15) is 50.3 Å². The number of aryl methyl sites for hydroxylation is 1. The third kappa shape index (κ3) is 2.93. The predicted octanol–water partition coefficient (Wildman–Crippen LogP) is 3.29. The summed E-state index contributed by atoms with van der Waals surface area (Å²) in [6, 6.07) is 8.13. The Morgan fingerprint density at radius 1 is 1.33 bits per heavy atom. The van der Waals surface area contributed by atoms with Crippen LogP contribution in [0.2, 0.25) is 0 Å². The number of nitrogens with zero attached hydrogens (tertiary/aromatic N) is 1. The molecule has 0 bridgehead atoms. The molecule has 0 radical (unpaired) electrons. The van der Waals surface area contributed by atoms with Crippen LogP contribution >= 0.6 is 0 Å². The highest BCUT2D eigenvalue weighted by atomic mass is 16.3. The Balaban J connectivity index is 1.93. The van der Waals surface area contributed by atoms with Gasteiger partial charge < -0.3 is 5.11 Å². The number of rotatable bonds is 4. The van der Waals surface area contributed by atoms with Gasteiger partial charge in [0.15, 0.2) is 0 Å². The summed E-state index contributed by atoms with van der Waals surface area (Å²) in [6.45, 7) is 8.84. The van der Waals surface area contributed by atoms with Gasteiger partial charge in [0, 0.05) is 12.1 Å². The Bertz CT molecular complexity index is 400. The van der Waals surface area contributed by atoms with Crippen molar-refractivity contribution < 1.29 is 5.11 Å². The minimum atomic E-state index is -0.331. The van der Waals surface area contributed by atoms with E-state index in [0.717, 1.165) is 18.5 Å². The van der Waals surface area contributed by atoms with Gasteiger partial charge in [0.2, 0.25) is 0 Å². The largest absolute Gasteiger partial charge is 0.388 e. The van der Waals surface area contributed by atoms with Crippen molar-refractivity contribution in [1.82, 2.24) is 4.90 Å². The van der Waals surface area contributed by atoms with Crippen LogP contribution in [0.25, 0.3) is 0 Å². The molecular formula is C16H25NO. The average Bonchev–Trinajstić information content (AvgIpc) is 2.66. The second-order valence-corrected chi connectivity index (χ2v) is 6.06. The summed E-state index contributed by atoms with van der Waals surface area (Å²) in [5.74, 6) is 0. The van der Waals surface area contributed by atoms with Crippen molar-refractivity contribution in [3.05, 3.63) is 35.4 Å². The SMILES string of the molecule is Cc1ccccc1C(O)CCN1CCCC1(C)C. The molecule has 1 fully saturated rings. The van der Waals surface area contributed by atoms with E-state index in [4.69, 9.17) is 0 Å². The lowest BCUT2D eigenvalue weighted by atomic mass is 9.99. The summed E-state index contributed by atoms with van der Waals surface area (Å²) in [5, 5.41) is 10.3. The minimum absolute atomic E-state index is 0.311. The van der Waals surface area contributed by atoms with Gasteiger partial charge in [-0.2, -0.15) is 0 Å². The molecule has 18 heavy (non-hydrogen) atoms. The number of benzene rings is 1. The molecule has 0 amide bonds. The van der Waals surface area contributed by atoms with E-state index in [-0.39, 0.29) is 6.10 Å². The molecule has 1 aliphatic heterocycles. The van der Waals surface area contributed by atoms with Crippen molar-refractivity contribution in [1.29, 1.82) is 0 Å². The lowest BCUT2D eigenvalue weighted by Gasteiger charge is -2.32. The van der Waals surface area contributed by atoms with Crippen LogP contribution < -0.4 is 0 Å². The lowest BCUT2D eigenvalue weighted by molar-refractivity contribution is 0.114. The summed E-state index contributed by atoms with van der Waals surface area (Å²) in [5.41, 5.74) is 2.58. The third-order valence-electron chi connectivity index (χ3n) is 4.29. The van der Waals surface area contributed by atoms with Crippen molar-refractivity contribution >= 4 is 0 Å². The first-order valence-electron chi connectivity index (χ1n) is 6.99. The van der Waals surface area contributed by atoms with E-state index in [1.165, 1.54) is 24.9 Å². The normalized spacial score (nSPS) is 21.1. The second-order valence-electron chi connectivity index (χ2n) is 6.06. The maximum Gasteiger partial charge on any atom is 0.0804 e. The Morgan fingerprint density at radius 3 is 2.67 bits per heavy atom. The Kier molecular flexibility index (Phi) is 4.08. The van der Waals surface area contributed by atoms with E-state index < -0.39 is 0 Å². The van der Waals surface area contributed by atoms with Crippen LogP contribution in [0.3, 0.4) is 0 Å². The van der Waals surface area contributed by atoms with E-state index in [2.05, 4.69) is 31.7 Å². The van der Waals surface area contributed by atoms with E-state index in [0.29, 0.717) is 5.54 Å². The second kappa shape index (κ2) is 5.41. The molecule has 1 aromatic rings. The molecule has 1 heterocycles. The summed E-state index contributed by atoms with van der Waals surface area (Å²) >= 11 is 0. The molecule has 1 atom stereocenters. The topological polar surface area (TPSA) is 23.5 Å². The number of aliphatic hydroxyl groups is 1. The van der Waals surface area contributed by atoms with Crippen LogP contribution in [0.15, 0.2) is 24.3 Å². The molecule has 2 heteroatoms. The van der Waals surface area contributed by atoms with E-state index >= 15 is 0 Å². The van der Waals surface area contributed by atoms with Gasteiger partial charge in [0.1, 0.15) is 0 Å². The number of hydrogen-bond acceptors (Lipinski definition) is 2. The highest BCUT2D eigenvalue weighted by Crippen LogP contribution is 2.29. The van der Waals surface area contributed by atoms with Gasteiger partial charge in [0.25, 0.3) is 0 Å². The molecule has 1 aromatic carbocycles. The molecule has 1 unspecified atom stereocenters. The first kappa shape index (κ1) is 13.6. The van der Waals surface area contributed by atoms with Crippen LogP contribution in [0.4, 0.5) is 0 Å². The van der Waals surface area contributed by atoms with Crippen LogP contribution in [-0.2, 0) is 0 Å². The maximum absolute atomic E-state index is 10.3. The molecule has 0 aliphatic carbocycles. The monoisotopic (exact) mass is 247 g/mol. The van der Waals surface area contributed by atoms with E-state index in [1.54, 1.807) is 0 Å². The summed E-state index contributed by atoms with van der Waals surface area (Å²) in [7, 11) is 0. The highest BCUT2D eigenvalue weighted by molar-refractivity contribution is 5.27. The fourth-order valence-electron chi connectivity index (χ4n) is 2.97. The molecule has 1 N–H and O–H groups in total. The van der Waals surface area contributed by atoms with Gasteiger partial charge in [-0.25, -0.2) is 0 Å². The van der Waals surface area contributed by atoms with Gasteiger partial charge in [-0.1, -0.05) is 24.3 Å². The first-order valence-corrected chi connectivity index (χ1v) is 6.99. The molecule has 0 aromatic heterocycles. The molecule has 2 nitrogen and oxygen atoms in total. The van der Waals surface area contributed by atoms with E-state index in [9.17, 15) is 5.11 Å². The molecule has 1 saturated heterocycles. The molecule has 0 saturated carbocycles. The zero-order valence-corrected chi connectivity index (χ0v) is 11.8. The minimum Gasteiger partial charge on any atom is -0.388 e. The summed E-state index contributed by atoms with van der Waals surface area (Å²) < 4.78 is 0. The van der Waals surface area contributed by atoms with Crippen LogP contribution in [0.5, 0.6) is 0 Å².